The van der Waals surface area contributed by atoms with Crippen molar-refractivity contribution in [1.82, 2.24) is 0 Å². The Morgan fingerprint density at radius 1 is 0.333 bits per heavy atom. The average Bonchev–Trinajstić information content (AvgIpc) is 3.28. The highest BCUT2D eigenvalue weighted by Gasteiger charge is 2.19. The van der Waals surface area contributed by atoms with Gasteiger partial charge in [-0.2, -0.15) is 0 Å². The molecule has 0 aliphatic carbocycles. The highest BCUT2D eigenvalue weighted by Crippen LogP contribution is 2.14. The Balaban J connectivity index is 4.50. The van der Waals surface area contributed by atoms with Gasteiger partial charge in [-0.05, 0) is 83.5 Å². The number of allylic oxidation sites excluding steroid dienone is 16. The topological polar surface area (TPSA) is 78.9 Å². The summed E-state index contributed by atoms with van der Waals surface area (Å²) in [4.78, 5) is 37.9. The van der Waals surface area contributed by atoms with E-state index in [0.717, 1.165) is 64.2 Å². The van der Waals surface area contributed by atoms with Crippen molar-refractivity contribution in [1.29, 1.82) is 0 Å². The van der Waals surface area contributed by atoms with Gasteiger partial charge in [0.2, 0.25) is 0 Å². The van der Waals surface area contributed by atoms with Crippen molar-refractivity contribution in [3.63, 3.8) is 0 Å². The Morgan fingerprint density at radius 2 is 0.651 bits per heavy atom. The molecule has 0 saturated carbocycles. The maximum absolute atomic E-state index is 12.8. The van der Waals surface area contributed by atoms with Crippen LogP contribution in [-0.4, -0.2) is 37.2 Å². The first-order valence-electron chi connectivity index (χ1n) is 25.8. The van der Waals surface area contributed by atoms with E-state index in [9.17, 15) is 14.4 Å². The summed E-state index contributed by atoms with van der Waals surface area (Å²) in [5.41, 5.74) is 0. The van der Waals surface area contributed by atoms with E-state index in [1.807, 2.05) is 54.7 Å². The largest absolute Gasteiger partial charge is 0.462 e. The van der Waals surface area contributed by atoms with Gasteiger partial charge in [0.05, 0.1) is 0 Å². The molecule has 0 saturated heterocycles. The molecule has 0 N–H and O–H groups in total. The molecular formula is C57H94O6. The number of rotatable bonds is 45. The quantitative estimate of drug-likeness (QED) is 0.0199. The van der Waals surface area contributed by atoms with Gasteiger partial charge in [-0.3, -0.25) is 14.4 Å². The number of unbranched alkanes of at least 4 members (excludes halogenated alkanes) is 23. The van der Waals surface area contributed by atoms with Gasteiger partial charge in [0.25, 0.3) is 0 Å². The molecule has 0 heterocycles. The lowest BCUT2D eigenvalue weighted by atomic mass is 10.1. The summed E-state index contributed by atoms with van der Waals surface area (Å²) >= 11 is 0. The van der Waals surface area contributed by atoms with Gasteiger partial charge >= 0.3 is 17.9 Å². The van der Waals surface area contributed by atoms with Crippen LogP contribution in [0.15, 0.2) is 97.2 Å². The molecule has 0 bridgehead atoms. The van der Waals surface area contributed by atoms with Gasteiger partial charge in [-0.25, -0.2) is 0 Å². The Hall–Kier alpha value is -3.67. The van der Waals surface area contributed by atoms with Gasteiger partial charge in [0, 0.05) is 19.3 Å². The SMILES string of the molecule is CC\C=C/C=C\C=C/C=C\C=C/CCCC(=O)OCC(COC(=O)CCCCCCCCC/C=C\CCCCCCCC)OC(=O)CCCCCCCC/C=C\C=C/CCCCC. The van der Waals surface area contributed by atoms with Crippen molar-refractivity contribution < 1.29 is 28.6 Å². The molecule has 0 amide bonds. The normalized spacial score (nSPS) is 12.9. The highest BCUT2D eigenvalue weighted by atomic mass is 16.6. The molecule has 1 atom stereocenters. The molecule has 1 unspecified atom stereocenters. The Bertz CT molecular complexity index is 1280. The Morgan fingerprint density at radius 3 is 1.13 bits per heavy atom. The van der Waals surface area contributed by atoms with Crippen LogP contribution in [0.4, 0.5) is 0 Å². The third-order valence-corrected chi connectivity index (χ3v) is 10.7. The minimum absolute atomic E-state index is 0.108. The van der Waals surface area contributed by atoms with E-state index >= 15 is 0 Å². The predicted molar refractivity (Wildman–Crippen MR) is 270 cm³/mol. The van der Waals surface area contributed by atoms with Crippen LogP contribution >= 0.6 is 0 Å². The first-order chi connectivity index (χ1) is 31.0. The molecule has 63 heavy (non-hydrogen) atoms. The van der Waals surface area contributed by atoms with Crippen molar-refractivity contribution >= 4 is 17.9 Å². The molecule has 0 rings (SSSR count). The molecule has 0 aliphatic heterocycles. The summed E-state index contributed by atoms with van der Waals surface area (Å²) in [7, 11) is 0. The number of esters is 3. The van der Waals surface area contributed by atoms with E-state index in [1.54, 1.807) is 0 Å². The Labute approximate surface area is 387 Å². The van der Waals surface area contributed by atoms with Gasteiger partial charge < -0.3 is 14.2 Å². The van der Waals surface area contributed by atoms with E-state index in [2.05, 4.69) is 63.3 Å². The van der Waals surface area contributed by atoms with Crippen LogP contribution in [0.25, 0.3) is 0 Å². The van der Waals surface area contributed by atoms with Crippen molar-refractivity contribution in [2.45, 2.75) is 232 Å². The summed E-state index contributed by atoms with van der Waals surface area (Å²) in [5.74, 6) is -1.00. The first-order valence-corrected chi connectivity index (χ1v) is 25.8. The fourth-order valence-electron chi connectivity index (χ4n) is 6.81. The summed E-state index contributed by atoms with van der Waals surface area (Å²) < 4.78 is 16.7. The molecule has 0 radical (unpaired) electrons. The molecule has 0 spiro atoms. The van der Waals surface area contributed by atoms with Crippen LogP contribution in [0.5, 0.6) is 0 Å². The molecule has 0 aromatic heterocycles. The zero-order valence-electron chi connectivity index (χ0n) is 40.8. The second-order valence-electron chi connectivity index (χ2n) is 16.8. The third kappa shape index (κ3) is 49.2. The third-order valence-electron chi connectivity index (χ3n) is 10.7. The first kappa shape index (κ1) is 59.3. The molecular weight excluding hydrogens is 781 g/mol. The van der Waals surface area contributed by atoms with E-state index in [0.29, 0.717) is 19.3 Å². The second-order valence-corrected chi connectivity index (χ2v) is 16.8. The molecule has 0 fully saturated rings. The lowest BCUT2D eigenvalue weighted by Crippen LogP contribution is -2.30. The molecule has 0 aromatic carbocycles. The number of ether oxygens (including phenoxy) is 3. The maximum Gasteiger partial charge on any atom is 0.306 e. The summed E-state index contributed by atoms with van der Waals surface area (Å²) in [6, 6.07) is 0. The maximum atomic E-state index is 12.8. The highest BCUT2D eigenvalue weighted by molar-refractivity contribution is 5.71. The van der Waals surface area contributed by atoms with Gasteiger partial charge in [-0.15, -0.1) is 0 Å². The van der Waals surface area contributed by atoms with Gasteiger partial charge in [-0.1, -0.05) is 221 Å². The summed E-state index contributed by atoms with van der Waals surface area (Å²) in [5, 5.41) is 0. The number of carbonyl (C=O) groups is 3. The van der Waals surface area contributed by atoms with Crippen molar-refractivity contribution in [3.05, 3.63) is 97.2 Å². The van der Waals surface area contributed by atoms with Crippen LogP contribution in [0.2, 0.25) is 0 Å². The number of carbonyl (C=O) groups excluding carboxylic acids is 3. The molecule has 358 valence electrons. The standard InChI is InChI=1S/C57H94O6/c1-4-7-10-13-16-19-22-25-27-28-30-32-35-38-41-44-47-50-56(59)62-53-54(52-61-55(58)49-46-43-40-37-34-31-24-21-18-15-12-9-6-3)63-57(60)51-48-45-42-39-36-33-29-26-23-20-17-14-11-8-5-2/h9,12,15,17-18,20-21,23-27,31,34,37,40,54H,4-8,10-11,13-14,16,19,22,28-30,32-33,35-36,38-39,41-53H2,1-3H3/b12-9-,18-15-,20-17-,24-21-,26-23-,27-25-,34-31-,40-37-. The van der Waals surface area contributed by atoms with Crippen LogP contribution in [-0.2, 0) is 28.6 Å². The summed E-state index contributed by atoms with van der Waals surface area (Å²) in [6.07, 6.45) is 66.8. The second kappa shape index (κ2) is 51.0. The zero-order chi connectivity index (χ0) is 45.8. The average molecular weight is 875 g/mol. The smallest absolute Gasteiger partial charge is 0.306 e. The number of hydrogen-bond acceptors (Lipinski definition) is 6. The van der Waals surface area contributed by atoms with E-state index in [1.165, 1.54) is 116 Å². The van der Waals surface area contributed by atoms with Crippen molar-refractivity contribution in [3.8, 4) is 0 Å². The molecule has 6 heteroatoms. The fraction of sp³-hybridized carbons (Fsp3) is 0.667. The lowest BCUT2D eigenvalue weighted by molar-refractivity contribution is -0.167. The lowest BCUT2D eigenvalue weighted by Gasteiger charge is -2.18. The van der Waals surface area contributed by atoms with Crippen LogP contribution < -0.4 is 0 Å². The summed E-state index contributed by atoms with van der Waals surface area (Å²) in [6.45, 7) is 6.37. The molecule has 6 nitrogen and oxygen atoms in total. The van der Waals surface area contributed by atoms with E-state index < -0.39 is 6.10 Å². The predicted octanol–water partition coefficient (Wildman–Crippen LogP) is 17.0. The number of hydrogen-bond donors (Lipinski definition) is 0. The minimum Gasteiger partial charge on any atom is -0.462 e. The molecule has 0 aromatic rings. The van der Waals surface area contributed by atoms with E-state index in [4.69, 9.17) is 14.2 Å². The monoisotopic (exact) mass is 875 g/mol. The van der Waals surface area contributed by atoms with Crippen LogP contribution in [0.3, 0.4) is 0 Å². The zero-order valence-corrected chi connectivity index (χ0v) is 40.8. The van der Waals surface area contributed by atoms with Gasteiger partial charge in [0.1, 0.15) is 13.2 Å². The molecule has 0 aliphatic rings. The van der Waals surface area contributed by atoms with Gasteiger partial charge in [0.15, 0.2) is 6.10 Å². The Kier molecular flexibility index (Phi) is 48.0. The minimum atomic E-state index is -0.814. The van der Waals surface area contributed by atoms with Crippen molar-refractivity contribution in [2.24, 2.45) is 0 Å². The van der Waals surface area contributed by atoms with Crippen LogP contribution in [0.1, 0.15) is 226 Å². The fourth-order valence-corrected chi connectivity index (χ4v) is 6.81. The van der Waals surface area contributed by atoms with Crippen molar-refractivity contribution in [2.75, 3.05) is 13.2 Å². The van der Waals surface area contributed by atoms with Crippen LogP contribution in [0, 0.1) is 0 Å². The van der Waals surface area contributed by atoms with E-state index in [-0.39, 0.29) is 37.5 Å².